The van der Waals surface area contributed by atoms with E-state index < -0.39 is 17.1 Å². The Labute approximate surface area is 116 Å². The lowest BCUT2D eigenvalue weighted by atomic mass is 9.75. The summed E-state index contributed by atoms with van der Waals surface area (Å²) in [6.45, 7) is 11.7. The van der Waals surface area contributed by atoms with Gasteiger partial charge in [-0.3, -0.25) is 4.79 Å². The summed E-state index contributed by atoms with van der Waals surface area (Å²) < 4.78 is 11.1. The molecule has 0 amide bonds. The van der Waals surface area contributed by atoms with Gasteiger partial charge in [0, 0.05) is 12.8 Å². The summed E-state index contributed by atoms with van der Waals surface area (Å²) in [6.07, 6.45) is 1.76. The molecule has 0 aromatic heterocycles. The highest BCUT2D eigenvalue weighted by Crippen LogP contribution is 2.39. The maximum absolute atomic E-state index is 12.1. The van der Waals surface area contributed by atoms with Crippen molar-refractivity contribution < 1.29 is 19.4 Å². The van der Waals surface area contributed by atoms with Gasteiger partial charge in [0.15, 0.2) is 0 Å². The Kier molecular flexibility index (Phi) is 4.68. The summed E-state index contributed by atoms with van der Waals surface area (Å²) >= 11 is 0. The molecule has 1 heterocycles. The topological polar surface area (TPSA) is 55.8 Å². The lowest BCUT2D eigenvalue weighted by molar-refractivity contribution is -0.193. The molecule has 3 unspecified atom stereocenters. The average molecular weight is 272 g/mol. The number of esters is 1. The molecule has 112 valence electrons. The molecule has 1 rings (SSSR count). The summed E-state index contributed by atoms with van der Waals surface area (Å²) in [5.74, 6) is -0.878. The molecule has 1 fully saturated rings. The summed E-state index contributed by atoms with van der Waals surface area (Å²) in [5, 5.41) is 10.8. The van der Waals surface area contributed by atoms with E-state index in [0.29, 0.717) is 19.4 Å². The molecular formula is C15H28O4. The fraction of sp³-hybridized carbons (Fsp3) is 0.933. The van der Waals surface area contributed by atoms with Crippen LogP contribution in [0.3, 0.4) is 0 Å². The molecule has 1 aliphatic rings. The molecular weight excluding hydrogens is 244 g/mol. The van der Waals surface area contributed by atoms with Crippen LogP contribution >= 0.6 is 0 Å². The molecule has 3 atom stereocenters. The van der Waals surface area contributed by atoms with Crippen LogP contribution in [-0.4, -0.2) is 34.5 Å². The first-order valence-corrected chi connectivity index (χ1v) is 7.10. The van der Waals surface area contributed by atoms with Crippen LogP contribution < -0.4 is 0 Å². The molecule has 0 saturated carbocycles. The van der Waals surface area contributed by atoms with Crippen LogP contribution in [0.25, 0.3) is 0 Å². The van der Waals surface area contributed by atoms with Crippen LogP contribution in [0.2, 0.25) is 0 Å². The van der Waals surface area contributed by atoms with Crippen molar-refractivity contribution >= 4 is 5.97 Å². The second-order valence-electron chi connectivity index (χ2n) is 6.94. The third-order valence-corrected chi connectivity index (χ3v) is 3.98. The van der Waals surface area contributed by atoms with E-state index in [2.05, 4.69) is 0 Å². The van der Waals surface area contributed by atoms with E-state index in [1.807, 2.05) is 34.6 Å². The van der Waals surface area contributed by atoms with Crippen LogP contribution in [0.5, 0.6) is 0 Å². The largest absolute Gasteiger partial charge is 0.460 e. The van der Waals surface area contributed by atoms with Crippen molar-refractivity contribution in [1.82, 2.24) is 0 Å². The highest BCUT2D eigenvalue weighted by molar-refractivity contribution is 5.74. The van der Waals surface area contributed by atoms with Crippen LogP contribution in [0.4, 0.5) is 0 Å². The monoisotopic (exact) mass is 272 g/mol. The second-order valence-corrected chi connectivity index (χ2v) is 6.94. The summed E-state index contributed by atoms with van der Waals surface area (Å²) in [6, 6.07) is 0. The van der Waals surface area contributed by atoms with Crippen LogP contribution in [-0.2, 0) is 14.3 Å². The normalized spacial score (nSPS) is 33.8. The van der Waals surface area contributed by atoms with E-state index in [4.69, 9.17) is 9.47 Å². The molecule has 4 nitrogen and oxygen atoms in total. The van der Waals surface area contributed by atoms with Crippen molar-refractivity contribution in [2.75, 3.05) is 6.61 Å². The summed E-state index contributed by atoms with van der Waals surface area (Å²) in [7, 11) is 0. The Hall–Kier alpha value is -0.610. The molecule has 0 radical (unpaired) electrons. The molecule has 19 heavy (non-hydrogen) atoms. The van der Waals surface area contributed by atoms with Gasteiger partial charge < -0.3 is 14.6 Å². The van der Waals surface area contributed by atoms with Gasteiger partial charge in [0.25, 0.3) is 0 Å². The number of carbonyl (C=O) groups is 1. The van der Waals surface area contributed by atoms with Gasteiger partial charge in [-0.25, -0.2) is 0 Å². The zero-order chi connectivity index (χ0) is 14.9. The van der Waals surface area contributed by atoms with Crippen molar-refractivity contribution in [1.29, 1.82) is 0 Å². The molecule has 4 heteroatoms. The van der Waals surface area contributed by atoms with Crippen LogP contribution in [0.1, 0.15) is 60.8 Å². The quantitative estimate of drug-likeness (QED) is 0.803. The number of rotatable bonds is 3. The van der Waals surface area contributed by atoms with Crippen LogP contribution in [0, 0.1) is 5.92 Å². The first-order valence-electron chi connectivity index (χ1n) is 7.10. The lowest BCUT2D eigenvalue weighted by Gasteiger charge is -2.45. The SMILES string of the molecule is CCC1(C)CC(O)(C(C)C(=O)OC(C)(C)C)CCO1. The van der Waals surface area contributed by atoms with Gasteiger partial charge in [0.1, 0.15) is 5.60 Å². The zero-order valence-corrected chi connectivity index (χ0v) is 13.1. The number of hydrogen-bond donors (Lipinski definition) is 1. The minimum atomic E-state index is -1.04. The van der Waals surface area contributed by atoms with Crippen molar-refractivity contribution in [3.63, 3.8) is 0 Å². The van der Waals surface area contributed by atoms with Crippen LogP contribution in [0.15, 0.2) is 0 Å². The van der Waals surface area contributed by atoms with Gasteiger partial charge in [-0.2, -0.15) is 0 Å². The number of hydrogen-bond acceptors (Lipinski definition) is 4. The predicted molar refractivity (Wildman–Crippen MR) is 73.8 cm³/mol. The first kappa shape index (κ1) is 16.4. The minimum absolute atomic E-state index is 0.338. The molecule has 1 N–H and O–H groups in total. The maximum atomic E-state index is 12.1. The Balaban J connectivity index is 2.79. The van der Waals surface area contributed by atoms with E-state index in [0.717, 1.165) is 6.42 Å². The number of aliphatic hydroxyl groups is 1. The second kappa shape index (κ2) is 5.41. The van der Waals surface area contributed by atoms with Gasteiger partial charge in [0.2, 0.25) is 0 Å². The third kappa shape index (κ3) is 4.18. The van der Waals surface area contributed by atoms with E-state index in [1.54, 1.807) is 6.92 Å². The summed E-state index contributed by atoms with van der Waals surface area (Å²) in [5.41, 5.74) is -1.92. The Morgan fingerprint density at radius 3 is 2.53 bits per heavy atom. The maximum Gasteiger partial charge on any atom is 0.312 e. The number of carbonyl (C=O) groups excluding carboxylic acids is 1. The standard InChI is InChI=1S/C15H28O4/c1-7-14(6)10-15(17,8-9-18-14)11(2)12(16)19-13(3,4)5/h11,17H,7-10H2,1-6H3. The lowest BCUT2D eigenvalue weighted by Crippen LogP contribution is -2.53. The van der Waals surface area contributed by atoms with Gasteiger partial charge in [0.05, 0.1) is 23.7 Å². The van der Waals surface area contributed by atoms with Crippen molar-refractivity contribution in [2.45, 2.75) is 77.6 Å². The highest BCUT2D eigenvalue weighted by Gasteiger charge is 2.47. The van der Waals surface area contributed by atoms with Gasteiger partial charge in [-0.05, 0) is 41.0 Å². The molecule has 1 aliphatic heterocycles. The average Bonchev–Trinajstić information content (AvgIpc) is 2.25. The Morgan fingerprint density at radius 1 is 1.47 bits per heavy atom. The first-order chi connectivity index (χ1) is 8.51. The summed E-state index contributed by atoms with van der Waals surface area (Å²) in [4.78, 5) is 12.1. The fourth-order valence-electron chi connectivity index (χ4n) is 2.47. The third-order valence-electron chi connectivity index (χ3n) is 3.98. The molecule has 0 bridgehead atoms. The minimum Gasteiger partial charge on any atom is -0.460 e. The predicted octanol–water partition coefficient (Wildman–Crippen LogP) is 2.67. The van der Waals surface area contributed by atoms with Crippen molar-refractivity contribution in [2.24, 2.45) is 5.92 Å². The van der Waals surface area contributed by atoms with Gasteiger partial charge >= 0.3 is 5.97 Å². The van der Waals surface area contributed by atoms with Crippen molar-refractivity contribution in [3.8, 4) is 0 Å². The smallest absolute Gasteiger partial charge is 0.312 e. The van der Waals surface area contributed by atoms with E-state index >= 15 is 0 Å². The molecule has 0 aromatic rings. The van der Waals surface area contributed by atoms with E-state index in [1.165, 1.54) is 0 Å². The Morgan fingerprint density at radius 2 is 2.05 bits per heavy atom. The van der Waals surface area contributed by atoms with Crippen molar-refractivity contribution in [3.05, 3.63) is 0 Å². The van der Waals surface area contributed by atoms with Gasteiger partial charge in [-0.1, -0.05) is 6.92 Å². The zero-order valence-electron chi connectivity index (χ0n) is 13.1. The highest BCUT2D eigenvalue weighted by atomic mass is 16.6. The molecule has 0 aromatic carbocycles. The fourth-order valence-corrected chi connectivity index (χ4v) is 2.47. The van der Waals surface area contributed by atoms with E-state index in [9.17, 15) is 9.90 Å². The number of ether oxygens (including phenoxy) is 2. The molecule has 1 saturated heterocycles. The Bertz CT molecular complexity index is 334. The molecule has 0 aliphatic carbocycles. The van der Waals surface area contributed by atoms with E-state index in [-0.39, 0.29) is 11.6 Å². The molecule has 0 spiro atoms. The van der Waals surface area contributed by atoms with Gasteiger partial charge in [-0.15, -0.1) is 0 Å².